The van der Waals surface area contributed by atoms with Crippen LogP contribution in [0.4, 0.5) is 0 Å². The predicted molar refractivity (Wildman–Crippen MR) is 102 cm³/mol. The van der Waals surface area contributed by atoms with Gasteiger partial charge in [-0.05, 0) is 44.9 Å². The zero-order chi connectivity index (χ0) is 18.1. The first-order valence-corrected chi connectivity index (χ1v) is 8.78. The molecule has 1 heterocycles. The molecule has 0 atom stereocenters. The first kappa shape index (κ1) is 19.0. The maximum absolute atomic E-state index is 5.08. The summed E-state index contributed by atoms with van der Waals surface area (Å²) >= 11 is 0. The van der Waals surface area contributed by atoms with E-state index in [0.717, 1.165) is 54.7 Å². The topological polar surface area (TPSA) is 63.5 Å². The minimum absolute atomic E-state index is 0.591. The number of nitrogens with zero attached hydrogens (tertiary/aromatic N) is 3. The molecule has 2 rings (SSSR count). The van der Waals surface area contributed by atoms with Crippen LogP contribution in [0.25, 0.3) is 5.69 Å². The molecule has 0 fully saturated rings. The molecule has 0 unspecified atom stereocenters. The zero-order valence-corrected chi connectivity index (χ0v) is 15.7. The highest BCUT2D eigenvalue weighted by molar-refractivity contribution is 5.79. The lowest BCUT2D eigenvalue weighted by Gasteiger charge is -2.13. The number of hydrogen-bond donors (Lipinski definition) is 2. The van der Waals surface area contributed by atoms with Gasteiger partial charge < -0.3 is 15.4 Å². The molecule has 1 aromatic heterocycles. The molecular weight excluding hydrogens is 314 g/mol. The summed E-state index contributed by atoms with van der Waals surface area (Å²) in [6.07, 6.45) is 0.948. The molecular formula is C19H29N5O. The molecule has 2 N–H and O–H groups in total. The Morgan fingerprint density at radius 1 is 1.24 bits per heavy atom. The van der Waals surface area contributed by atoms with Gasteiger partial charge in [0.2, 0.25) is 0 Å². The van der Waals surface area contributed by atoms with Gasteiger partial charge in [-0.3, -0.25) is 0 Å². The average molecular weight is 343 g/mol. The van der Waals surface area contributed by atoms with E-state index in [2.05, 4.69) is 47.8 Å². The van der Waals surface area contributed by atoms with Gasteiger partial charge in [0.15, 0.2) is 5.96 Å². The maximum atomic E-state index is 5.08. The van der Waals surface area contributed by atoms with Crippen LogP contribution in [0.5, 0.6) is 0 Å². The Morgan fingerprint density at radius 3 is 2.72 bits per heavy atom. The Kier molecular flexibility index (Phi) is 7.47. The van der Waals surface area contributed by atoms with Crippen LogP contribution in [0.1, 0.15) is 30.3 Å². The van der Waals surface area contributed by atoms with Crippen LogP contribution < -0.4 is 10.6 Å². The Morgan fingerprint density at radius 2 is 2.04 bits per heavy atom. The summed E-state index contributed by atoms with van der Waals surface area (Å²) in [5.41, 5.74) is 4.36. The summed E-state index contributed by atoms with van der Waals surface area (Å²) in [4.78, 5) is 4.72. The minimum atomic E-state index is 0.591. The van der Waals surface area contributed by atoms with Gasteiger partial charge in [0.05, 0.1) is 17.9 Å². The smallest absolute Gasteiger partial charge is 0.191 e. The van der Waals surface area contributed by atoms with Crippen molar-refractivity contribution in [1.82, 2.24) is 20.4 Å². The van der Waals surface area contributed by atoms with Crippen LogP contribution in [-0.4, -0.2) is 42.5 Å². The van der Waals surface area contributed by atoms with E-state index >= 15 is 0 Å². The predicted octanol–water partition coefficient (Wildman–Crippen LogP) is 2.58. The summed E-state index contributed by atoms with van der Waals surface area (Å²) in [7, 11) is 1.72. The third kappa shape index (κ3) is 5.60. The number of para-hydroxylation sites is 1. The van der Waals surface area contributed by atoms with Crippen LogP contribution in [-0.2, 0) is 11.3 Å². The molecule has 0 spiro atoms. The first-order valence-electron chi connectivity index (χ1n) is 8.78. The summed E-state index contributed by atoms with van der Waals surface area (Å²) in [5, 5.41) is 11.2. The van der Waals surface area contributed by atoms with Crippen LogP contribution in [0.3, 0.4) is 0 Å². The Hall–Kier alpha value is -2.34. The summed E-state index contributed by atoms with van der Waals surface area (Å²) in [5.74, 6) is 0.821. The molecule has 136 valence electrons. The molecule has 6 heteroatoms. The Bertz CT molecular complexity index is 693. The fourth-order valence-electron chi connectivity index (χ4n) is 2.65. The fraction of sp³-hybridized carbons (Fsp3) is 0.474. The van der Waals surface area contributed by atoms with E-state index in [4.69, 9.17) is 9.73 Å². The van der Waals surface area contributed by atoms with Crippen molar-refractivity contribution in [2.75, 3.05) is 26.8 Å². The number of hydrogen-bond acceptors (Lipinski definition) is 3. The molecule has 0 aliphatic carbocycles. The van der Waals surface area contributed by atoms with E-state index in [1.54, 1.807) is 7.11 Å². The summed E-state index contributed by atoms with van der Waals surface area (Å²) in [6, 6.07) is 10.3. The number of aromatic nitrogens is 2. The van der Waals surface area contributed by atoms with Gasteiger partial charge in [0.1, 0.15) is 0 Å². The van der Waals surface area contributed by atoms with Gasteiger partial charge in [-0.25, -0.2) is 9.67 Å². The second-order valence-electron chi connectivity index (χ2n) is 5.94. The van der Waals surface area contributed by atoms with E-state index in [0.29, 0.717) is 6.54 Å². The molecule has 0 radical (unpaired) electrons. The highest BCUT2D eigenvalue weighted by atomic mass is 16.5. The SMILES string of the molecule is CCNC(=NCc1ccccc1-n1nc(C)cc1C)NCCCOC. The maximum Gasteiger partial charge on any atom is 0.191 e. The first-order chi connectivity index (χ1) is 12.2. The number of aryl methyl sites for hydroxylation is 2. The molecule has 0 saturated carbocycles. The van der Waals surface area contributed by atoms with Crippen molar-refractivity contribution < 1.29 is 4.74 Å². The molecule has 0 aliphatic heterocycles. The monoisotopic (exact) mass is 343 g/mol. The second kappa shape index (κ2) is 9.84. The standard InChI is InChI=1S/C19H29N5O/c1-5-20-19(21-11-8-12-25-4)22-14-17-9-6-7-10-18(17)24-16(3)13-15(2)23-24/h6-7,9-10,13H,5,8,11-12,14H2,1-4H3,(H2,20,21,22). The highest BCUT2D eigenvalue weighted by Gasteiger charge is 2.08. The largest absolute Gasteiger partial charge is 0.385 e. The minimum Gasteiger partial charge on any atom is -0.385 e. The van der Waals surface area contributed by atoms with Crippen LogP contribution in [0.2, 0.25) is 0 Å². The zero-order valence-electron chi connectivity index (χ0n) is 15.7. The van der Waals surface area contributed by atoms with Crippen molar-refractivity contribution in [1.29, 1.82) is 0 Å². The van der Waals surface area contributed by atoms with Gasteiger partial charge in [0.25, 0.3) is 0 Å². The summed E-state index contributed by atoms with van der Waals surface area (Å²) < 4.78 is 7.07. The van der Waals surface area contributed by atoms with Crippen LogP contribution in [0, 0.1) is 13.8 Å². The Balaban J connectivity index is 2.14. The van der Waals surface area contributed by atoms with Crippen LogP contribution >= 0.6 is 0 Å². The molecule has 0 amide bonds. The number of methoxy groups -OCH3 is 1. The molecule has 2 aromatic rings. The normalized spacial score (nSPS) is 11.6. The Labute approximate surface area is 150 Å². The van der Waals surface area contributed by atoms with E-state index in [9.17, 15) is 0 Å². The van der Waals surface area contributed by atoms with Crippen molar-refractivity contribution in [3.63, 3.8) is 0 Å². The fourth-order valence-corrected chi connectivity index (χ4v) is 2.65. The van der Waals surface area contributed by atoms with E-state index in [-0.39, 0.29) is 0 Å². The summed E-state index contributed by atoms with van der Waals surface area (Å²) in [6.45, 7) is 9.14. The van der Waals surface area contributed by atoms with Gasteiger partial charge in [-0.15, -0.1) is 0 Å². The van der Waals surface area contributed by atoms with E-state index in [1.165, 1.54) is 0 Å². The van der Waals surface area contributed by atoms with Crippen molar-refractivity contribution in [3.8, 4) is 5.69 Å². The molecule has 1 aromatic carbocycles. The van der Waals surface area contributed by atoms with E-state index in [1.807, 2.05) is 23.7 Å². The molecule has 6 nitrogen and oxygen atoms in total. The van der Waals surface area contributed by atoms with Crippen molar-refractivity contribution in [3.05, 3.63) is 47.3 Å². The molecule has 0 aliphatic rings. The van der Waals surface area contributed by atoms with E-state index < -0.39 is 0 Å². The second-order valence-corrected chi connectivity index (χ2v) is 5.94. The van der Waals surface area contributed by atoms with Crippen molar-refractivity contribution >= 4 is 5.96 Å². The number of guanidine groups is 1. The van der Waals surface area contributed by atoms with Crippen molar-refractivity contribution in [2.45, 2.75) is 33.7 Å². The number of benzene rings is 1. The van der Waals surface area contributed by atoms with Gasteiger partial charge in [-0.2, -0.15) is 5.10 Å². The quantitative estimate of drug-likeness (QED) is 0.439. The average Bonchev–Trinajstić information content (AvgIpc) is 2.95. The van der Waals surface area contributed by atoms with Gasteiger partial charge >= 0.3 is 0 Å². The number of rotatable bonds is 8. The molecule has 25 heavy (non-hydrogen) atoms. The van der Waals surface area contributed by atoms with Gasteiger partial charge in [0, 0.05) is 32.5 Å². The van der Waals surface area contributed by atoms with Crippen LogP contribution in [0.15, 0.2) is 35.3 Å². The molecule has 0 bridgehead atoms. The lowest BCUT2D eigenvalue weighted by atomic mass is 10.2. The lowest BCUT2D eigenvalue weighted by molar-refractivity contribution is 0.195. The van der Waals surface area contributed by atoms with Gasteiger partial charge in [-0.1, -0.05) is 18.2 Å². The lowest BCUT2D eigenvalue weighted by Crippen LogP contribution is -2.38. The third-order valence-corrected chi connectivity index (χ3v) is 3.80. The number of aliphatic imine (C=N–C) groups is 1. The number of ether oxygens (including phenoxy) is 1. The number of nitrogens with one attached hydrogen (secondary N) is 2. The van der Waals surface area contributed by atoms with Crippen molar-refractivity contribution in [2.24, 2.45) is 4.99 Å². The molecule has 0 saturated heterocycles. The highest BCUT2D eigenvalue weighted by Crippen LogP contribution is 2.17. The third-order valence-electron chi connectivity index (χ3n) is 3.80.